The van der Waals surface area contributed by atoms with E-state index in [0.29, 0.717) is 5.92 Å². The molecule has 2 atom stereocenters. The third-order valence-corrected chi connectivity index (χ3v) is 3.44. The van der Waals surface area contributed by atoms with Crippen molar-refractivity contribution >= 4 is 17.4 Å². The van der Waals surface area contributed by atoms with Gasteiger partial charge in [-0.25, -0.2) is 9.97 Å². The van der Waals surface area contributed by atoms with Crippen LogP contribution in [0.4, 0.5) is 5.82 Å². The minimum atomic E-state index is 0.143. The maximum atomic E-state index is 9.41. The van der Waals surface area contributed by atoms with E-state index in [2.05, 4.69) is 21.8 Å². The van der Waals surface area contributed by atoms with Crippen LogP contribution in [-0.4, -0.2) is 34.3 Å². The zero-order valence-electron chi connectivity index (χ0n) is 9.52. The molecule has 88 valence electrons. The van der Waals surface area contributed by atoms with Crippen LogP contribution >= 0.6 is 11.6 Å². The highest BCUT2D eigenvalue weighted by atomic mass is 35.5. The summed E-state index contributed by atoms with van der Waals surface area (Å²) in [6.45, 7) is 5.19. The predicted molar refractivity (Wildman–Crippen MR) is 63.8 cm³/mol. The first-order valence-corrected chi connectivity index (χ1v) is 5.88. The Labute approximate surface area is 100 Å². The number of rotatable bonds is 2. The molecule has 0 aromatic carbocycles. The van der Waals surface area contributed by atoms with Crippen molar-refractivity contribution < 1.29 is 5.11 Å². The Balaban J connectivity index is 2.33. The molecule has 4 nitrogen and oxygen atoms in total. The second kappa shape index (κ2) is 4.55. The highest BCUT2D eigenvalue weighted by Crippen LogP contribution is 2.30. The van der Waals surface area contributed by atoms with E-state index < -0.39 is 0 Å². The molecule has 1 aromatic heterocycles. The normalized spacial score (nSPS) is 25.1. The average molecular weight is 242 g/mol. The lowest BCUT2D eigenvalue weighted by Gasteiger charge is -2.27. The predicted octanol–water partition coefficient (Wildman–Crippen LogP) is 1.65. The van der Waals surface area contributed by atoms with Crippen LogP contribution in [0.25, 0.3) is 0 Å². The molecule has 1 N–H and O–H groups in total. The first-order chi connectivity index (χ1) is 7.63. The van der Waals surface area contributed by atoms with Crippen molar-refractivity contribution in [2.45, 2.75) is 26.3 Å². The van der Waals surface area contributed by atoms with Gasteiger partial charge in [-0.05, 0) is 30.9 Å². The highest BCUT2D eigenvalue weighted by molar-refractivity contribution is 6.28. The summed E-state index contributed by atoms with van der Waals surface area (Å²) in [5, 5.41) is 9.67. The highest BCUT2D eigenvalue weighted by Gasteiger charge is 2.32. The van der Waals surface area contributed by atoms with Crippen LogP contribution in [0, 0.1) is 12.8 Å². The molecule has 16 heavy (non-hydrogen) atoms. The van der Waals surface area contributed by atoms with Crippen LogP contribution in [0.15, 0.2) is 6.20 Å². The summed E-state index contributed by atoms with van der Waals surface area (Å²) in [4.78, 5) is 10.3. The maximum absolute atomic E-state index is 9.41. The van der Waals surface area contributed by atoms with Gasteiger partial charge in [-0.2, -0.15) is 0 Å². The summed E-state index contributed by atoms with van der Waals surface area (Å²) in [6.07, 6.45) is 2.80. The molecule has 1 fully saturated rings. The Morgan fingerprint density at radius 2 is 2.38 bits per heavy atom. The minimum absolute atomic E-state index is 0.143. The van der Waals surface area contributed by atoms with E-state index in [1.165, 1.54) is 0 Å². The van der Waals surface area contributed by atoms with E-state index in [0.717, 1.165) is 24.3 Å². The Morgan fingerprint density at radius 3 is 3.06 bits per heavy atom. The van der Waals surface area contributed by atoms with E-state index in [1.807, 2.05) is 6.92 Å². The van der Waals surface area contributed by atoms with Crippen molar-refractivity contribution in [1.82, 2.24) is 9.97 Å². The van der Waals surface area contributed by atoms with Crippen LogP contribution in [-0.2, 0) is 0 Å². The van der Waals surface area contributed by atoms with Crippen molar-refractivity contribution in [3.05, 3.63) is 17.0 Å². The van der Waals surface area contributed by atoms with E-state index >= 15 is 0 Å². The lowest BCUT2D eigenvalue weighted by atomic mass is 10.0. The molecular weight excluding hydrogens is 226 g/mol. The molecule has 0 bridgehead atoms. The summed E-state index contributed by atoms with van der Waals surface area (Å²) >= 11 is 5.81. The van der Waals surface area contributed by atoms with Crippen molar-refractivity contribution in [2.75, 3.05) is 18.1 Å². The molecule has 2 unspecified atom stereocenters. The maximum Gasteiger partial charge on any atom is 0.224 e. The van der Waals surface area contributed by atoms with Crippen molar-refractivity contribution in [2.24, 2.45) is 5.92 Å². The van der Waals surface area contributed by atoms with Crippen LogP contribution in [0.2, 0.25) is 5.28 Å². The molecule has 5 heteroatoms. The quantitative estimate of drug-likeness (QED) is 0.800. The monoisotopic (exact) mass is 241 g/mol. The largest absolute Gasteiger partial charge is 0.394 e. The smallest absolute Gasteiger partial charge is 0.224 e. The molecule has 0 aliphatic carbocycles. The lowest BCUT2D eigenvalue weighted by molar-refractivity contribution is 0.244. The van der Waals surface area contributed by atoms with Gasteiger partial charge in [0.15, 0.2) is 0 Å². The van der Waals surface area contributed by atoms with Crippen LogP contribution < -0.4 is 4.90 Å². The fraction of sp³-hybridized carbons (Fsp3) is 0.636. The average Bonchev–Trinajstić information content (AvgIpc) is 2.63. The Kier molecular flexibility index (Phi) is 3.30. The van der Waals surface area contributed by atoms with Crippen molar-refractivity contribution in [1.29, 1.82) is 0 Å². The second-order valence-corrected chi connectivity index (χ2v) is 4.69. The van der Waals surface area contributed by atoms with E-state index in [-0.39, 0.29) is 17.9 Å². The molecular formula is C11H16ClN3O. The second-order valence-electron chi connectivity index (χ2n) is 4.35. The van der Waals surface area contributed by atoms with Gasteiger partial charge in [-0.1, -0.05) is 6.92 Å². The summed E-state index contributed by atoms with van der Waals surface area (Å²) in [5.41, 5.74) is 0.997. The number of aliphatic hydroxyl groups is 1. The topological polar surface area (TPSA) is 49.2 Å². The van der Waals surface area contributed by atoms with Gasteiger partial charge in [0, 0.05) is 18.3 Å². The fourth-order valence-corrected chi connectivity index (χ4v) is 2.38. The number of aryl methyl sites for hydroxylation is 1. The van der Waals surface area contributed by atoms with Crippen molar-refractivity contribution in [3.63, 3.8) is 0 Å². The molecule has 1 aromatic rings. The van der Waals surface area contributed by atoms with Gasteiger partial charge in [0.25, 0.3) is 0 Å². The zero-order valence-corrected chi connectivity index (χ0v) is 10.3. The lowest BCUT2D eigenvalue weighted by Crippen LogP contribution is -2.36. The van der Waals surface area contributed by atoms with Crippen molar-refractivity contribution in [3.8, 4) is 0 Å². The van der Waals surface area contributed by atoms with Gasteiger partial charge in [-0.15, -0.1) is 0 Å². The fourth-order valence-electron chi connectivity index (χ4n) is 2.25. The van der Waals surface area contributed by atoms with E-state index in [9.17, 15) is 5.11 Å². The number of halogens is 1. The number of nitrogens with zero attached hydrogens (tertiary/aromatic N) is 3. The van der Waals surface area contributed by atoms with Crippen LogP contribution in [0.5, 0.6) is 0 Å². The molecule has 0 radical (unpaired) electrons. The van der Waals surface area contributed by atoms with Crippen LogP contribution in [0.3, 0.4) is 0 Å². The molecule has 2 rings (SSSR count). The molecule has 0 amide bonds. The van der Waals surface area contributed by atoms with E-state index in [1.54, 1.807) is 6.20 Å². The molecule has 2 heterocycles. The van der Waals surface area contributed by atoms with Gasteiger partial charge in [0.2, 0.25) is 5.28 Å². The van der Waals surface area contributed by atoms with Gasteiger partial charge in [-0.3, -0.25) is 0 Å². The summed E-state index contributed by atoms with van der Waals surface area (Å²) in [5.74, 6) is 1.33. The minimum Gasteiger partial charge on any atom is -0.394 e. The number of aromatic nitrogens is 2. The third-order valence-electron chi connectivity index (χ3n) is 3.26. The zero-order chi connectivity index (χ0) is 11.7. The van der Waals surface area contributed by atoms with Gasteiger partial charge < -0.3 is 10.0 Å². The molecule has 1 aliphatic rings. The Hall–Kier alpha value is -0.870. The molecule has 1 aliphatic heterocycles. The Morgan fingerprint density at radius 1 is 1.62 bits per heavy atom. The molecule has 1 saturated heterocycles. The first-order valence-electron chi connectivity index (χ1n) is 5.50. The number of hydrogen-bond acceptors (Lipinski definition) is 4. The van der Waals surface area contributed by atoms with Crippen LogP contribution in [0.1, 0.15) is 18.9 Å². The van der Waals surface area contributed by atoms with Gasteiger partial charge in [0.1, 0.15) is 5.82 Å². The standard InChI is InChI=1S/C11H16ClN3O/c1-7-3-4-15(9(7)6-16)10-8(2)5-13-11(12)14-10/h5,7,9,16H,3-4,6H2,1-2H3. The Bertz CT molecular complexity index is 385. The summed E-state index contributed by atoms with van der Waals surface area (Å²) in [6, 6.07) is 0.143. The van der Waals surface area contributed by atoms with Gasteiger partial charge in [0.05, 0.1) is 12.6 Å². The molecule has 0 saturated carbocycles. The van der Waals surface area contributed by atoms with E-state index in [4.69, 9.17) is 11.6 Å². The third kappa shape index (κ3) is 1.99. The SMILES string of the molecule is Cc1cnc(Cl)nc1N1CCC(C)C1CO. The number of hydrogen-bond donors (Lipinski definition) is 1. The summed E-state index contributed by atoms with van der Waals surface area (Å²) < 4.78 is 0. The molecule has 0 spiro atoms. The van der Waals surface area contributed by atoms with Gasteiger partial charge >= 0.3 is 0 Å². The first kappa shape index (κ1) is 11.6. The summed E-state index contributed by atoms with van der Waals surface area (Å²) in [7, 11) is 0. The number of aliphatic hydroxyl groups excluding tert-OH is 1. The number of anilines is 1.